The van der Waals surface area contributed by atoms with Crippen molar-refractivity contribution < 1.29 is 44.4 Å². The summed E-state index contributed by atoms with van der Waals surface area (Å²) in [5.41, 5.74) is 2.14. The van der Waals surface area contributed by atoms with Gasteiger partial charge in [0.15, 0.2) is 0 Å². The van der Waals surface area contributed by atoms with Crippen LogP contribution in [0.3, 0.4) is 0 Å². The molecule has 2 nitrogen and oxygen atoms in total. The zero-order valence-electron chi connectivity index (χ0n) is 28.4. The number of hydrogen-bond donors (Lipinski definition) is 2. The van der Waals surface area contributed by atoms with Gasteiger partial charge in [0.05, 0.1) is 12.2 Å². The smallest absolute Gasteiger partial charge is 0.390 e. The molecule has 4 fully saturated rings. The molecule has 0 heterocycles. The first-order valence-corrected chi connectivity index (χ1v) is 19.4. The van der Waals surface area contributed by atoms with Gasteiger partial charge < -0.3 is 10.2 Å². The molecule has 0 bridgehead atoms. The maximum Gasteiger partial charge on any atom is 2.00 e. The van der Waals surface area contributed by atoms with Gasteiger partial charge in [0.1, 0.15) is 0 Å². The van der Waals surface area contributed by atoms with Gasteiger partial charge in [0.2, 0.25) is 0 Å². The van der Waals surface area contributed by atoms with Crippen LogP contribution in [0.15, 0.2) is 121 Å². The Labute approximate surface area is 338 Å². The summed E-state index contributed by atoms with van der Waals surface area (Å²) in [4.78, 5) is 0. The molecule has 258 valence electrons. The van der Waals surface area contributed by atoms with Crippen LogP contribution in [0.1, 0.15) is 0 Å². The Morgan fingerprint density at radius 2 is 0.538 bits per heavy atom. The van der Waals surface area contributed by atoms with Crippen molar-refractivity contribution in [2.24, 2.45) is 0 Å². The van der Waals surface area contributed by atoms with Gasteiger partial charge in [-0.1, -0.05) is 121 Å². The van der Waals surface area contributed by atoms with Crippen LogP contribution < -0.4 is 21.2 Å². The van der Waals surface area contributed by atoms with E-state index in [2.05, 4.69) is 110 Å². The molecule has 2 N–H and O–H groups in total. The van der Waals surface area contributed by atoms with Crippen LogP contribution >= 0.6 is 15.8 Å². The van der Waals surface area contributed by atoms with Gasteiger partial charge in [-0.2, -0.15) is 0 Å². The van der Waals surface area contributed by atoms with Gasteiger partial charge >= 0.3 is 34.1 Å². The van der Waals surface area contributed by atoms with E-state index in [1.54, 1.807) is 0 Å². The van der Waals surface area contributed by atoms with Crippen molar-refractivity contribution in [1.29, 1.82) is 0 Å². The van der Waals surface area contributed by atoms with Crippen LogP contribution in [0.4, 0.5) is 0 Å². The number of aliphatic hydroxyl groups excluding tert-OH is 2. The van der Waals surface area contributed by atoms with Gasteiger partial charge in [-0.15, -0.1) is 0 Å². The topological polar surface area (TPSA) is 40.5 Å². The Kier molecular flexibility index (Phi) is 19.7. The van der Waals surface area contributed by atoms with E-state index in [0.717, 1.165) is 23.2 Å². The van der Waals surface area contributed by atoms with E-state index in [-0.39, 0.29) is 34.1 Å². The molecule has 4 aromatic carbocycles. The largest absolute Gasteiger partial charge is 2.00 e. The fraction of sp³-hybridized carbons (Fsp3) is 0.0435. The first kappa shape index (κ1) is 43.4. The van der Waals surface area contributed by atoms with Crippen molar-refractivity contribution in [1.82, 2.24) is 0 Å². The molecule has 0 unspecified atom stereocenters. The van der Waals surface area contributed by atoms with Crippen molar-refractivity contribution in [3.8, 4) is 0 Å². The van der Waals surface area contributed by atoms with Gasteiger partial charge in [-0.25, -0.2) is 0 Å². The summed E-state index contributed by atoms with van der Waals surface area (Å²) in [5.74, 6) is 1.56. The molecule has 0 saturated heterocycles. The Hall–Kier alpha value is -1.30. The minimum atomic E-state index is -1.06. The third-order valence-electron chi connectivity index (χ3n) is 8.24. The second-order valence-corrected chi connectivity index (χ2v) is 15.9. The molecule has 6 heteroatoms. The van der Waals surface area contributed by atoms with E-state index < -0.39 is 28.1 Å². The quantitative estimate of drug-likeness (QED) is 0.136. The van der Waals surface area contributed by atoms with E-state index >= 15 is 0 Å². The van der Waals surface area contributed by atoms with Crippen LogP contribution in [0.25, 0.3) is 0 Å². The molecule has 4 aliphatic rings. The molecule has 0 aliphatic heterocycles. The molecule has 8 rings (SSSR count). The van der Waals surface area contributed by atoms with Crippen molar-refractivity contribution in [2.45, 2.75) is 12.2 Å². The second kappa shape index (κ2) is 23.6. The molecule has 52 heavy (non-hydrogen) atoms. The molecular weight excluding hydrogens is 758 g/mol. The van der Waals surface area contributed by atoms with Crippen LogP contribution in [-0.4, -0.2) is 22.4 Å². The molecule has 4 aromatic rings. The molecule has 4 saturated carbocycles. The third-order valence-corrected chi connectivity index (χ3v) is 13.3. The minimum absolute atomic E-state index is 0. The van der Waals surface area contributed by atoms with Crippen LogP contribution in [0.5, 0.6) is 0 Å². The molecule has 20 radical (unpaired) electrons. The summed E-state index contributed by atoms with van der Waals surface area (Å²) in [6.07, 6.45) is 30.0. The summed E-state index contributed by atoms with van der Waals surface area (Å²) in [6.45, 7) is 0. The summed E-state index contributed by atoms with van der Waals surface area (Å²) >= 11 is 0. The zero-order valence-corrected chi connectivity index (χ0v) is 32.4. The Bertz CT molecular complexity index is 1280. The second-order valence-electron chi connectivity index (χ2n) is 11.6. The summed E-state index contributed by atoms with van der Waals surface area (Å²) in [7, 11) is -1.81. The van der Waals surface area contributed by atoms with E-state index in [9.17, 15) is 10.2 Å². The minimum Gasteiger partial charge on any atom is -0.390 e. The normalized spacial score (nSPS) is 19.2. The molecule has 2 atom stereocenters. The average molecular weight is 798 g/mol. The summed E-state index contributed by atoms with van der Waals surface area (Å²) in [5, 5.41) is 28.4. The van der Waals surface area contributed by atoms with Crippen LogP contribution in [-0.2, 0) is 34.1 Å². The van der Waals surface area contributed by atoms with Gasteiger partial charge in [0, 0.05) is 23.2 Å². The van der Waals surface area contributed by atoms with Crippen LogP contribution in [0.2, 0.25) is 0 Å². The van der Waals surface area contributed by atoms with Crippen LogP contribution in [0, 0.1) is 126 Å². The Morgan fingerprint density at radius 3 is 0.769 bits per heavy atom. The SMILES string of the molecule is O[C@@H]([C]1[CH][CH][CH][C]1P(c1ccccc1)c1ccccc1)[C@@H](O)[C]1[CH][CH][CH][C]1P(c1ccccc1)c1ccccc1.[CH]1[CH][CH][CH][CH]1.[CH]1[CH][CH][CH][CH]1.[Fe+2].[Fe+2]. The molecule has 4 aliphatic carbocycles. The summed E-state index contributed by atoms with van der Waals surface area (Å²) < 4.78 is 0. The first-order valence-electron chi connectivity index (χ1n) is 16.7. The maximum atomic E-state index is 11.8. The maximum absolute atomic E-state index is 11.8. The van der Waals surface area contributed by atoms with E-state index in [1.165, 1.54) is 21.2 Å². The van der Waals surface area contributed by atoms with Gasteiger partial charge in [0.25, 0.3) is 0 Å². The first-order chi connectivity index (χ1) is 24.7. The van der Waals surface area contributed by atoms with Gasteiger partial charge in [-0.05, 0) is 140 Å². The fourth-order valence-corrected chi connectivity index (χ4v) is 10.9. The number of rotatable bonds is 9. The van der Waals surface area contributed by atoms with E-state index in [4.69, 9.17) is 0 Å². The number of aliphatic hydroxyl groups is 2. The standard InChI is InChI=1S/C36H30O2P2.2C5H5.2Fe/c37-35(31-23-13-25-33(31)39(27-15-5-1-6-16-27)28-17-7-2-8-18-28)36(38)32-24-14-26-34(32)40(29-19-9-3-10-20-29)30-21-11-4-12-22-30;2*1-2-4-5-3-1;;/h1-26,35-38H;2*1-5H;;/q;;;2*+2/t35-,36-;;;;/m0..../s1. The van der Waals surface area contributed by atoms with Gasteiger partial charge in [-0.3, -0.25) is 0 Å². The predicted molar refractivity (Wildman–Crippen MR) is 212 cm³/mol. The van der Waals surface area contributed by atoms with Crippen molar-refractivity contribution in [3.05, 3.63) is 247 Å². The van der Waals surface area contributed by atoms with Crippen molar-refractivity contribution in [2.75, 3.05) is 0 Å². The van der Waals surface area contributed by atoms with E-state index in [1.807, 2.05) is 114 Å². The summed E-state index contributed by atoms with van der Waals surface area (Å²) in [6, 6.07) is 41.8. The molecule has 0 amide bonds. The average Bonchev–Trinajstić information content (AvgIpc) is 4.04. The van der Waals surface area contributed by atoms with E-state index in [0.29, 0.717) is 0 Å². The monoisotopic (exact) mass is 798 g/mol. The van der Waals surface area contributed by atoms with Crippen molar-refractivity contribution in [3.63, 3.8) is 0 Å². The fourth-order valence-electron chi connectivity index (χ4n) is 5.90. The molecular formula is C46H40Fe2O2P2+4. The van der Waals surface area contributed by atoms with Crippen molar-refractivity contribution >= 4 is 37.1 Å². The zero-order chi connectivity index (χ0) is 34.4. The Morgan fingerprint density at radius 1 is 0.308 bits per heavy atom. The Balaban J connectivity index is 0.000000436. The number of hydrogen-bond acceptors (Lipinski definition) is 2. The predicted octanol–water partition coefficient (Wildman–Crippen LogP) is 7.48. The number of benzene rings is 4. The molecule has 0 spiro atoms. The third kappa shape index (κ3) is 11.8. The molecule has 0 aromatic heterocycles.